The molecular formula is C29H25N5O2S. The summed E-state index contributed by atoms with van der Waals surface area (Å²) in [7, 11) is 1.62. The molecule has 0 radical (unpaired) electrons. The quantitative estimate of drug-likeness (QED) is 0.350. The number of para-hydroxylation sites is 1. The number of nitrogens with one attached hydrogen (secondary N) is 1. The van der Waals surface area contributed by atoms with Crippen LogP contribution in [0.15, 0.2) is 89.6 Å². The lowest BCUT2D eigenvalue weighted by molar-refractivity contribution is -0.118. The highest BCUT2D eigenvalue weighted by Crippen LogP contribution is 2.40. The molecule has 2 heterocycles. The number of carbonyl (C=O) groups is 1. The summed E-state index contributed by atoms with van der Waals surface area (Å²) in [5.74, 6) is 0.250. The first-order chi connectivity index (χ1) is 17.9. The Morgan fingerprint density at radius 2 is 1.73 bits per heavy atom. The Kier molecular flexibility index (Phi) is 6.47. The third-order valence-electron chi connectivity index (χ3n) is 6.51. The van der Waals surface area contributed by atoms with Gasteiger partial charge in [0.2, 0.25) is 0 Å². The number of hydrogen-bond donors (Lipinski definition) is 2. The van der Waals surface area contributed by atoms with Crippen LogP contribution in [-0.4, -0.2) is 22.8 Å². The van der Waals surface area contributed by atoms with Gasteiger partial charge in [-0.2, -0.15) is 10.4 Å². The second kappa shape index (κ2) is 9.88. The minimum Gasteiger partial charge on any atom is -0.497 e. The van der Waals surface area contributed by atoms with Crippen molar-refractivity contribution in [3.8, 4) is 28.8 Å². The third kappa shape index (κ3) is 4.46. The highest BCUT2D eigenvalue weighted by Gasteiger charge is 2.36. The number of benzene rings is 3. The van der Waals surface area contributed by atoms with Gasteiger partial charge in [0.05, 0.1) is 23.5 Å². The molecule has 0 aliphatic carbocycles. The fourth-order valence-electron chi connectivity index (χ4n) is 4.34. The van der Waals surface area contributed by atoms with Crippen LogP contribution >= 0.6 is 12.6 Å². The topological polar surface area (TPSA) is 83.2 Å². The van der Waals surface area contributed by atoms with Gasteiger partial charge in [-0.05, 0) is 73.5 Å². The molecule has 7 nitrogen and oxygen atoms in total. The Morgan fingerprint density at radius 1 is 1.00 bits per heavy atom. The number of hydrogen-bond acceptors (Lipinski definition) is 6. The number of methoxy groups -OCH3 is 1. The van der Waals surface area contributed by atoms with Crippen molar-refractivity contribution in [2.45, 2.75) is 20.0 Å². The normalized spacial score (nSPS) is 15.4. The summed E-state index contributed by atoms with van der Waals surface area (Å²) in [4.78, 5) is 14.9. The molecule has 0 spiro atoms. The van der Waals surface area contributed by atoms with Gasteiger partial charge in [0.15, 0.2) is 0 Å². The third-order valence-corrected chi connectivity index (χ3v) is 6.95. The number of aromatic nitrogens is 2. The number of nitrogens with zero attached hydrogens (tertiary/aromatic N) is 4. The van der Waals surface area contributed by atoms with E-state index >= 15 is 0 Å². The number of amides is 1. The Balaban J connectivity index is 1.73. The molecule has 8 heteroatoms. The van der Waals surface area contributed by atoms with Crippen molar-refractivity contribution < 1.29 is 9.53 Å². The highest BCUT2D eigenvalue weighted by atomic mass is 32.1. The first-order valence-corrected chi connectivity index (χ1v) is 12.2. The van der Waals surface area contributed by atoms with Crippen molar-refractivity contribution in [3.63, 3.8) is 0 Å². The minimum absolute atomic E-state index is 0.0424. The number of ether oxygens (including phenoxy) is 1. The summed E-state index contributed by atoms with van der Waals surface area (Å²) in [5.41, 5.74) is 6.17. The molecule has 1 N–H and O–H groups in total. The molecular weight excluding hydrogens is 482 g/mol. The molecule has 1 aromatic heterocycles. The van der Waals surface area contributed by atoms with E-state index in [0.717, 1.165) is 39.4 Å². The second-order valence-electron chi connectivity index (χ2n) is 8.77. The van der Waals surface area contributed by atoms with Crippen LogP contribution in [0.4, 0.5) is 5.69 Å². The summed E-state index contributed by atoms with van der Waals surface area (Å²) >= 11 is 4.67. The van der Waals surface area contributed by atoms with Gasteiger partial charge >= 0.3 is 0 Å². The van der Waals surface area contributed by atoms with E-state index in [-0.39, 0.29) is 10.6 Å². The average molecular weight is 508 g/mol. The van der Waals surface area contributed by atoms with Crippen LogP contribution in [0.3, 0.4) is 0 Å². The number of rotatable bonds is 5. The van der Waals surface area contributed by atoms with Crippen molar-refractivity contribution in [1.82, 2.24) is 15.1 Å². The maximum Gasteiger partial charge on any atom is 0.266 e. The van der Waals surface area contributed by atoms with E-state index in [4.69, 9.17) is 9.84 Å². The van der Waals surface area contributed by atoms with E-state index in [0.29, 0.717) is 5.69 Å². The number of carbonyl (C=O) groups excluding carboxylic acids is 1. The molecule has 1 amide bonds. The summed E-state index contributed by atoms with van der Waals surface area (Å²) < 4.78 is 7.13. The van der Waals surface area contributed by atoms with Crippen LogP contribution in [0.1, 0.15) is 22.9 Å². The molecule has 1 aliphatic rings. The van der Waals surface area contributed by atoms with Gasteiger partial charge in [-0.3, -0.25) is 4.79 Å². The molecule has 1 unspecified atom stereocenters. The first kappa shape index (κ1) is 24.2. The van der Waals surface area contributed by atoms with Crippen molar-refractivity contribution in [2.75, 3.05) is 12.0 Å². The predicted octanol–water partition coefficient (Wildman–Crippen LogP) is 5.46. The summed E-state index contributed by atoms with van der Waals surface area (Å²) in [5, 5.41) is 17.9. The number of nitriles is 1. The molecule has 0 bridgehead atoms. The number of thiol groups is 1. The lowest BCUT2D eigenvalue weighted by Gasteiger charge is -2.38. The molecule has 1 atom stereocenters. The fourth-order valence-corrected chi connectivity index (χ4v) is 4.73. The largest absolute Gasteiger partial charge is 0.497 e. The molecule has 0 saturated carbocycles. The molecule has 0 fully saturated rings. The minimum atomic E-state index is -0.659. The Bertz CT molecular complexity index is 1550. The van der Waals surface area contributed by atoms with E-state index in [1.165, 1.54) is 0 Å². The van der Waals surface area contributed by atoms with Gasteiger partial charge in [-0.15, -0.1) is 12.6 Å². The van der Waals surface area contributed by atoms with Crippen molar-refractivity contribution >= 4 is 24.2 Å². The Hall–Kier alpha value is -4.48. The smallest absolute Gasteiger partial charge is 0.266 e. The van der Waals surface area contributed by atoms with E-state index in [9.17, 15) is 10.1 Å². The van der Waals surface area contributed by atoms with Gasteiger partial charge < -0.3 is 15.0 Å². The SMILES string of the molecule is COc1ccc(-c2nn(-c3ccccc3)cc2C2NC(=O)C(C#N)=C(S)N2c2ccc(C)c(C)c2)cc1. The molecule has 3 aromatic carbocycles. The maximum atomic E-state index is 13.0. The summed E-state index contributed by atoms with van der Waals surface area (Å²) in [6.45, 7) is 4.07. The zero-order valence-electron chi connectivity index (χ0n) is 20.6. The highest BCUT2D eigenvalue weighted by molar-refractivity contribution is 7.84. The predicted molar refractivity (Wildman–Crippen MR) is 146 cm³/mol. The Labute approximate surface area is 221 Å². The zero-order valence-corrected chi connectivity index (χ0v) is 21.5. The van der Waals surface area contributed by atoms with Crippen molar-refractivity contribution in [3.05, 3.63) is 106 Å². The average Bonchev–Trinajstić information content (AvgIpc) is 3.36. The summed E-state index contributed by atoms with van der Waals surface area (Å²) in [6, 6.07) is 25.4. The van der Waals surface area contributed by atoms with Crippen LogP contribution in [0, 0.1) is 25.2 Å². The standard InChI is InChI=1S/C29H25N5O2S/c1-18-9-12-22(15-19(18)2)34-27(31-28(35)24(16-30)29(34)37)25-17-33(21-7-5-4-6-8-21)32-26(25)20-10-13-23(36-3)14-11-20/h4-15,17,27,37H,1-3H3,(H,31,35). The van der Waals surface area contributed by atoms with E-state index in [1.54, 1.807) is 11.8 Å². The van der Waals surface area contributed by atoms with Crippen molar-refractivity contribution in [2.24, 2.45) is 0 Å². The second-order valence-corrected chi connectivity index (χ2v) is 9.19. The molecule has 37 heavy (non-hydrogen) atoms. The molecule has 184 valence electrons. The first-order valence-electron chi connectivity index (χ1n) is 11.7. The lowest BCUT2D eigenvalue weighted by atomic mass is 10.0. The molecule has 5 rings (SSSR count). The van der Waals surface area contributed by atoms with Gasteiger partial charge in [-0.1, -0.05) is 24.3 Å². The Morgan fingerprint density at radius 3 is 2.38 bits per heavy atom. The van der Waals surface area contributed by atoms with Crippen LogP contribution in [0.2, 0.25) is 0 Å². The lowest BCUT2D eigenvalue weighted by Crippen LogP contribution is -2.46. The van der Waals surface area contributed by atoms with Gasteiger partial charge in [0, 0.05) is 23.0 Å². The molecule has 4 aromatic rings. The molecule has 0 saturated heterocycles. The van der Waals surface area contributed by atoms with Gasteiger partial charge in [0.1, 0.15) is 23.6 Å². The van der Waals surface area contributed by atoms with Crippen LogP contribution < -0.4 is 15.0 Å². The number of anilines is 1. The van der Waals surface area contributed by atoms with E-state index < -0.39 is 12.1 Å². The molecule has 1 aliphatic heterocycles. The van der Waals surface area contributed by atoms with Crippen LogP contribution in [-0.2, 0) is 4.79 Å². The monoisotopic (exact) mass is 507 g/mol. The van der Waals surface area contributed by atoms with Crippen LogP contribution in [0.5, 0.6) is 5.75 Å². The van der Waals surface area contributed by atoms with Gasteiger partial charge in [-0.25, -0.2) is 4.68 Å². The zero-order chi connectivity index (χ0) is 26.1. The van der Waals surface area contributed by atoms with E-state index in [2.05, 4.69) is 17.9 Å². The van der Waals surface area contributed by atoms with Crippen molar-refractivity contribution in [1.29, 1.82) is 5.26 Å². The fraction of sp³-hybridized carbons (Fsp3) is 0.138. The van der Waals surface area contributed by atoms with Crippen LogP contribution in [0.25, 0.3) is 16.9 Å². The number of aryl methyl sites for hydroxylation is 2. The van der Waals surface area contributed by atoms with E-state index in [1.807, 2.05) is 104 Å². The maximum absolute atomic E-state index is 13.0. The van der Waals surface area contributed by atoms with Gasteiger partial charge in [0.25, 0.3) is 5.91 Å². The summed E-state index contributed by atoms with van der Waals surface area (Å²) in [6.07, 6.45) is 1.25.